The van der Waals surface area contributed by atoms with Gasteiger partial charge < -0.3 is 14.8 Å². The van der Waals surface area contributed by atoms with Crippen molar-refractivity contribution >= 4 is 23.7 Å². The molecular weight excluding hydrogens is 476 g/mol. The van der Waals surface area contributed by atoms with Crippen LogP contribution in [0.1, 0.15) is 35.3 Å². The van der Waals surface area contributed by atoms with Gasteiger partial charge in [0.1, 0.15) is 24.1 Å². The average molecular weight is 505 g/mol. The summed E-state index contributed by atoms with van der Waals surface area (Å²) in [5.74, 6) is 0.277. The normalized spacial score (nSPS) is 11.7. The fourth-order valence-corrected chi connectivity index (χ4v) is 3.27. The number of carbonyl (C=O) groups is 2. The minimum absolute atomic E-state index is 0.0267. The molecule has 10 nitrogen and oxygen atoms in total. The number of rotatable bonds is 11. The van der Waals surface area contributed by atoms with E-state index in [4.69, 9.17) is 9.47 Å². The van der Waals surface area contributed by atoms with Gasteiger partial charge in [-0.3, -0.25) is 19.7 Å². The van der Waals surface area contributed by atoms with Gasteiger partial charge in [0.15, 0.2) is 0 Å². The minimum Gasteiger partial charge on any atom is -0.497 e. The smallest absolute Gasteiger partial charge is 0.269 e. The molecule has 1 unspecified atom stereocenters. The highest BCUT2D eigenvalue weighted by Crippen LogP contribution is 2.16. The summed E-state index contributed by atoms with van der Waals surface area (Å²) < 4.78 is 10.8. The van der Waals surface area contributed by atoms with E-state index in [9.17, 15) is 19.7 Å². The molecule has 192 valence electrons. The van der Waals surface area contributed by atoms with Crippen LogP contribution in [0.2, 0.25) is 0 Å². The molecule has 0 spiro atoms. The molecule has 0 aliphatic rings. The highest BCUT2D eigenvalue weighted by atomic mass is 16.6. The number of benzene rings is 3. The third-order valence-corrected chi connectivity index (χ3v) is 5.41. The highest BCUT2D eigenvalue weighted by molar-refractivity contribution is 5.97. The van der Waals surface area contributed by atoms with E-state index in [0.29, 0.717) is 17.1 Å². The number of amides is 2. The molecule has 0 fully saturated rings. The number of hydrogen-bond donors (Lipinski definition) is 2. The SMILES string of the molecule is COc1ccc(C(=O)NC(C(=O)NN=Cc2ccc(OCc3ccc([N+](=O)[O-])cc3)cc2)C(C)C)cc1. The summed E-state index contributed by atoms with van der Waals surface area (Å²) >= 11 is 0. The largest absolute Gasteiger partial charge is 0.497 e. The van der Waals surface area contributed by atoms with Crippen molar-refractivity contribution < 1.29 is 24.0 Å². The first-order valence-corrected chi connectivity index (χ1v) is 11.5. The zero-order valence-corrected chi connectivity index (χ0v) is 20.7. The molecule has 0 saturated carbocycles. The predicted octanol–water partition coefficient (Wildman–Crippen LogP) is 4.09. The lowest BCUT2D eigenvalue weighted by Crippen LogP contribution is -2.48. The molecule has 10 heteroatoms. The molecular formula is C27H28N4O6. The Morgan fingerprint density at radius 3 is 2.16 bits per heavy atom. The standard InChI is InChI=1S/C27H28N4O6/c1-18(2)25(29-26(32)21-8-14-23(36-3)15-9-21)27(33)30-28-16-19-6-12-24(13-7-19)37-17-20-4-10-22(11-5-20)31(34)35/h4-16,18,25H,17H2,1-3H3,(H,29,32)(H,30,33). The maximum atomic E-state index is 12.7. The molecule has 0 aromatic heterocycles. The number of nitro groups is 1. The number of ether oxygens (including phenoxy) is 2. The summed E-state index contributed by atoms with van der Waals surface area (Å²) in [5, 5.41) is 17.5. The molecule has 3 rings (SSSR count). The van der Waals surface area contributed by atoms with Crippen molar-refractivity contribution in [1.82, 2.24) is 10.7 Å². The maximum absolute atomic E-state index is 12.7. The van der Waals surface area contributed by atoms with E-state index in [0.717, 1.165) is 11.1 Å². The zero-order chi connectivity index (χ0) is 26.8. The third kappa shape index (κ3) is 7.89. The van der Waals surface area contributed by atoms with Crippen LogP contribution in [-0.2, 0) is 11.4 Å². The number of hydrazone groups is 1. The molecule has 0 heterocycles. The first-order chi connectivity index (χ1) is 17.8. The fraction of sp³-hybridized carbons (Fsp3) is 0.222. The van der Waals surface area contributed by atoms with Gasteiger partial charge in [-0.1, -0.05) is 13.8 Å². The number of hydrogen-bond acceptors (Lipinski definition) is 7. The van der Waals surface area contributed by atoms with E-state index in [1.54, 1.807) is 67.8 Å². The van der Waals surface area contributed by atoms with Crippen LogP contribution in [0.5, 0.6) is 11.5 Å². The lowest BCUT2D eigenvalue weighted by Gasteiger charge is -2.20. The van der Waals surface area contributed by atoms with Crippen molar-refractivity contribution in [3.8, 4) is 11.5 Å². The molecule has 3 aromatic carbocycles. The Bertz CT molecular complexity index is 1240. The predicted molar refractivity (Wildman–Crippen MR) is 139 cm³/mol. The zero-order valence-electron chi connectivity index (χ0n) is 20.7. The molecule has 0 aliphatic heterocycles. The van der Waals surface area contributed by atoms with Gasteiger partial charge in [-0.25, -0.2) is 5.43 Å². The lowest BCUT2D eigenvalue weighted by molar-refractivity contribution is -0.384. The van der Waals surface area contributed by atoms with Crippen LogP contribution >= 0.6 is 0 Å². The van der Waals surface area contributed by atoms with E-state index in [2.05, 4.69) is 15.8 Å². The molecule has 0 radical (unpaired) electrons. The minimum atomic E-state index is -0.776. The average Bonchev–Trinajstić information content (AvgIpc) is 2.91. The van der Waals surface area contributed by atoms with E-state index in [1.807, 2.05) is 13.8 Å². The Morgan fingerprint density at radius 1 is 0.973 bits per heavy atom. The van der Waals surface area contributed by atoms with Crippen molar-refractivity contribution in [1.29, 1.82) is 0 Å². The number of carbonyl (C=O) groups excluding carboxylic acids is 2. The van der Waals surface area contributed by atoms with Crippen molar-refractivity contribution in [3.05, 3.63) is 99.6 Å². The van der Waals surface area contributed by atoms with Gasteiger partial charge in [0.2, 0.25) is 0 Å². The number of nitro benzene ring substituents is 1. The number of nitrogens with one attached hydrogen (secondary N) is 2. The Balaban J connectivity index is 1.51. The van der Waals surface area contributed by atoms with Crippen LogP contribution in [0.4, 0.5) is 5.69 Å². The van der Waals surface area contributed by atoms with E-state index in [-0.39, 0.29) is 24.1 Å². The monoisotopic (exact) mass is 504 g/mol. The number of nitrogens with zero attached hydrogens (tertiary/aromatic N) is 2. The summed E-state index contributed by atoms with van der Waals surface area (Å²) in [5.41, 5.74) is 4.45. The second kappa shape index (κ2) is 12.8. The number of methoxy groups -OCH3 is 1. The van der Waals surface area contributed by atoms with E-state index < -0.39 is 16.9 Å². The van der Waals surface area contributed by atoms with Crippen LogP contribution in [0.3, 0.4) is 0 Å². The van der Waals surface area contributed by atoms with E-state index >= 15 is 0 Å². The van der Waals surface area contributed by atoms with Crippen LogP contribution in [0.15, 0.2) is 77.9 Å². The summed E-state index contributed by atoms with van der Waals surface area (Å²) in [6.45, 7) is 3.93. The molecule has 3 aromatic rings. The van der Waals surface area contributed by atoms with Crippen molar-refractivity contribution in [2.75, 3.05) is 7.11 Å². The molecule has 2 amide bonds. The highest BCUT2D eigenvalue weighted by Gasteiger charge is 2.24. The van der Waals surface area contributed by atoms with Gasteiger partial charge in [0, 0.05) is 17.7 Å². The molecule has 0 saturated heterocycles. The molecule has 1 atom stereocenters. The summed E-state index contributed by atoms with van der Waals surface area (Å²) in [4.78, 5) is 35.5. The summed E-state index contributed by atoms with van der Waals surface area (Å²) in [6.07, 6.45) is 1.49. The van der Waals surface area contributed by atoms with Gasteiger partial charge in [-0.15, -0.1) is 0 Å². The van der Waals surface area contributed by atoms with Gasteiger partial charge in [-0.2, -0.15) is 5.10 Å². The third-order valence-electron chi connectivity index (χ3n) is 5.41. The number of non-ortho nitro benzene ring substituents is 1. The maximum Gasteiger partial charge on any atom is 0.269 e. The first-order valence-electron chi connectivity index (χ1n) is 11.5. The molecule has 2 N–H and O–H groups in total. The topological polar surface area (TPSA) is 132 Å². The van der Waals surface area contributed by atoms with Crippen LogP contribution in [0.25, 0.3) is 0 Å². The van der Waals surface area contributed by atoms with Gasteiger partial charge in [0.05, 0.1) is 18.2 Å². The van der Waals surface area contributed by atoms with Gasteiger partial charge in [0.25, 0.3) is 17.5 Å². The van der Waals surface area contributed by atoms with Crippen molar-refractivity contribution in [2.45, 2.75) is 26.5 Å². The molecule has 0 aliphatic carbocycles. The summed E-state index contributed by atoms with van der Waals surface area (Å²) in [6, 6.07) is 19.0. The Labute approximate surface area is 214 Å². The van der Waals surface area contributed by atoms with Crippen molar-refractivity contribution in [3.63, 3.8) is 0 Å². The Morgan fingerprint density at radius 2 is 1.59 bits per heavy atom. The van der Waals surface area contributed by atoms with Crippen molar-refractivity contribution in [2.24, 2.45) is 11.0 Å². The first kappa shape index (κ1) is 26.9. The second-order valence-corrected chi connectivity index (χ2v) is 8.44. The Kier molecular flexibility index (Phi) is 9.31. The van der Waals surface area contributed by atoms with E-state index in [1.165, 1.54) is 18.3 Å². The van der Waals surface area contributed by atoms with Gasteiger partial charge >= 0.3 is 0 Å². The fourth-order valence-electron chi connectivity index (χ4n) is 3.27. The van der Waals surface area contributed by atoms with Crippen LogP contribution < -0.4 is 20.2 Å². The lowest BCUT2D eigenvalue weighted by atomic mass is 10.0. The molecule has 37 heavy (non-hydrogen) atoms. The van der Waals surface area contributed by atoms with Crippen LogP contribution in [0, 0.1) is 16.0 Å². The molecule has 0 bridgehead atoms. The summed E-state index contributed by atoms with van der Waals surface area (Å²) in [7, 11) is 1.54. The van der Waals surface area contributed by atoms with Crippen LogP contribution in [-0.4, -0.2) is 36.1 Å². The quantitative estimate of drug-likeness (QED) is 0.230. The Hall–Kier alpha value is -4.73. The second-order valence-electron chi connectivity index (χ2n) is 8.44. The van der Waals surface area contributed by atoms with Gasteiger partial charge in [-0.05, 0) is 77.7 Å².